The maximum Gasteiger partial charge on any atom is 0.128 e. The van der Waals surface area contributed by atoms with Gasteiger partial charge in [0.15, 0.2) is 0 Å². The van der Waals surface area contributed by atoms with E-state index >= 15 is 0 Å². The van der Waals surface area contributed by atoms with E-state index in [-0.39, 0.29) is 0 Å². The number of aromatic nitrogens is 2. The summed E-state index contributed by atoms with van der Waals surface area (Å²) < 4.78 is 5.16. The molecule has 3 nitrogen and oxygen atoms in total. The van der Waals surface area contributed by atoms with Crippen LogP contribution in [0.1, 0.15) is 4.88 Å². The summed E-state index contributed by atoms with van der Waals surface area (Å²) in [5, 5.41) is 2.13. The first-order valence-corrected chi connectivity index (χ1v) is 7.42. The monoisotopic (exact) mass is 288 g/mol. The molecular weight excluding hydrogens is 276 g/mol. The Hall–Kier alpha value is -1.59. The molecule has 2 heterocycles. The zero-order valence-corrected chi connectivity index (χ0v) is 12.2. The number of hydrogen-bond donors (Lipinski definition) is 0. The highest BCUT2D eigenvalue weighted by molar-refractivity contribution is 7.99. The van der Waals surface area contributed by atoms with Crippen molar-refractivity contribution in [3.8, 4) is 5.75 Å². The minimum Gasteiger partial charge on any atom is -0.497 e. The van der Waals surface area contributed by atoms with Crippen LogP contribution in [0.5, 0.6) is 5.75 Å². The summed E-state index contributed by atoms with van der Waals surface area (Å²) in [5.74, 6) is 0.864. The van der Waals surface area contributed by atoms with Gasteiger partial charge in [-0.15, -0.1) is 11.3 Å². The number of fused-ring (bicyclic) bond motifs is 1. The first kappa shape index (κ1) is 12.4. The normalized spacial score (nSPS) is 10.8. The molecule has 1 aromatic carbocycles. The Morgan fingerprint density at radius 2 is 1.95 bits per heavy atom. The molecule has 3 aromatic rings. The molecule has 0 aliphatic heterocycles. The average Bonchev–Trinajstić information content (AvgIpc) is 2.81. The standard InChI is InChI=1S/C14H12N2OS2/c1-9-7-12-13(18-9)15-8-16-14(12)19-11-5-3-10(17-2)4-6-11/h3-8H,1-2H3. The van der Waals surface area contributed by atoms with Crippen molar-refractivity contribution < 1.29 is 4.74 Å². The second kappa shape index (κ2) is 5.19. The summed E-state index contributed by atoms with van der Waals surface area (Å²) in [7, 11) is 1.67. The van der Waals surface area contributed by atoms with E-state index in [0.29, 0.717) is 0 Å². The molecule has 0 fully saturated rings. The summed E-state index contributed by atoms with van der Waals surface area (Å²) in [6.45, 7) is 2.09. The lowest BCUT2D eigenvalue weighted by Gasteiger charge is -2.03. The van der Waals surface area contributed by atoms with Gasteiger partial charge in [0.1, 0.15) is 21.9 Å². The molecule has 2 aromatic heterocycles. The van der Waals surface area contributed by atoms with Crippen LogP contribution in [0.3, 0.4) is 0 Å². The van der Waals surface area contributed by atoms with Gasteiger partial charge in [0.2, 0.25) is 0 Å². The van der Waals surface area contributed by atoms with Gasteiger partial charge in [-0.2, -0.15) is 0 Å². The Balaban J connectivity index is 1.95. The number of benzene rings is 1. The van der Waals surface area contributed by atoms with Crippen molar-refractivity contribution in [3.63, 3.8) is 0 Å². The highest BCUT2D eigenvalue weighted by atomic mass is 32.2. The van der Waals surface area contributed by atoms with E-state index in [1.54, 1.807) is 36.5 Å². The second-order valence-electron chi connectivity index (χ2n) is 4.03. The minimum absolute atomic E-state index is 0.864. The summed E-state index contributed by atoms with van der Waals surface area (Å²) in [5.41, 5.74) is 0. The Morgan fingerprint density at radius 1 is 1.16 bits per heavy atom. The SMILES string of the molecule is COc1ccc(Sc2ncnc3sc(C)cc23)cc1. The molecule has 5 heteroatoms. The molecule has 0 atom stereocenters. The molecule has 0 bridgehead atoms. The average molecular weight is 288 g/mol. The van der Waals surface area contributed by atoms with Crippen LogP contribution in [-0.2, 0) is 0 Å². The minimum atomic E-state index is 0.864. The lowest BCUT2D eigenvalue weighted by molar-refractivity contribution is 0.414. The third-order valence-corrected chi connectivity index (χ3v) is 4.68. The van der Waals surface area contributed by atoms with Crippen molar-refractivity contribution in [2.24, 2.45) is 0 Å². The van der Waals surface area contributed by atoms with Crippen molar-refractivity contribution in [3.05, 3.63) is 41.5 Å². The fourth-order valence-electron chi connectivity index (χ4n) is 1.79. The summed E-state index contributed by atoms with van der Waals surface area (Å²) >= 11 is 3.35. The van der Waals surface area contributed by atoms with Crippen molar-refractivity contribution >= 4 is 33.3 Å². The van der Waals surface area contributed by atoms with Crippen molar-refractivity contribution in [1.82, 2.24) is 9.97 Å². The van der Waals surface area contributed by atoms with E-state index in [9.17, 15) is 0 Å². The highest BCUT2D eigenvalue weighted by Gasteiger charge is 2.08. The highest BCUT2D eigenvalue weighted by Crippen LogP contribution is 2.34. The van der Waals surface area contributed by atoms with E-state index < -0.39 is 0 Å². The molecule has 0 saturated heterocycles. The first-order valence-electron chi connectivity index (χ1n) is 5.79. The van der Waals surface area contributed by atoms with E-state index in [1.807, 2.05) is 24.3 Å². The topological polar surface area (TPSA) is 35.0 Å². The third kappa shape index (κ3) is 2.57. The first-order chi connectivity index (χ1) is 9.26. The van der Waals surface area contributed by atoms with Crippen LogP contribution in [-0.4, -0.2) is 17.1 Å². The summed E-state index contributed by atoms with van der Waals surface area (Å²) in [6.07, 6.45) is 1.63. The fourth-order valence-corrected chi connectivity index (χ4v) is 3.56. The lowest BCUT2D eigenvalue weighted by atomic mass is 10.3. The van der Waals surface area contributed by atoms with Crippen molar-refractivity contribution in [2.75, 3.05) is 7.11 Å². The number of thiophene rings is 1. The smallest absolute Gasteiger partial charge is 0.128 e. The third-order valence-electron chi connectivity index (χ3n) is 2.69. The van der Waals surface area contributed by atoms with Crippen LogP contribution in [0.15, 0.2) is 46.6 Å². The zero-order chi connectivity index (χ0) is 13.2. The van der Waals surface area contributed by atoms with Crippen molar-refractivity contribution in [2.45, 2.75) is 16.8 Å². The molecule has 0 saturated carbocycles. The molecule has 0 spiro atoms. The van der Waals surface area contributed by atoms with Gasteiger partial charge in [0.25, 0.3) is 0 Å². The van der Waals surface area contributed by atoms with Gasteiger partial charge >= 0.3 is 0 Å². The number of methoxy groups -OCH3 is 1. The number of nitrogens with zero attached hydrogens (tertiary/aromatic N) is 2. The van der Waals surface area contributed by atoms with E-state index in [0.717, 1.165) is 25.9 Å². The van der Waals surface area contributed by atoms with Gasteiger partial charge in [-0.25, -0.2) is 9.97 Å². The molecule has 3 rings (SSSR count). The molecule has 0 radical (unpaired) electrons. The Labute approximate surface area is 119 Å². The van der Waals surface area contributed by atoms with Crippen LogP contribution in [0.4, 0.5) is 0 Å². The van der Waals surface area contributed by atoms with Gasteiger partial charge in [-0.1, -0.05) is 11.8 Å². The molecule has 0 unspecified atom stereocenters. The van der Waals surface area contributed by atoms with E-state index in [2.05, 4.69) is 23.0 Å². The van der Waals surface area contributed by atoms with Gasteiger partial charge in [-0.05, 0) is 37.3 Å². The van der Waals surface area contributed by atoms with Crippen LogP contribution >= 0.6 is 23.1 Å². The Morgan fingerprint density at radius 3 is 2.68 bits per heavy atom. The maximum absolute atomic E-state index is 5.16. The Kier molecular flexibility index (Phi) is 3.40. The van der Waals surface area contributed by atoms with E-state index in [1.165, 1.54) is 4.88 Å². The number of rotatable bonds is 3. The predicted molar refractivity (Wildman–Crippen MR) is 79.3 cm³/mol. The largest absolute Gasteiger partial charge is 0.497 e. The van der Waals surface area contributed by atoms with Gasteiger partial charge in [0, 0.05) is 15.2 Å². The maximum atomic E-state index is 5.16. The zero-order valence-electron chi connectivity index (χ0n) is 10.6. The van der Waals surface area contributed by atoms with Crippen LogP contribution < -0.4 is 4.74 Å². The molecule has 96 valence electrons. The number of hydrogen-bond acceptors (Lipinski definition) is 5. The second-order valence-corrected chi connectivity index (χ2v) is 6.33. The fraction of sp³-hybridized carbons (Fsp3) is 0.143. The molecule has 0 aliphatic rings. The molecular formula is C14H12N2OS2. The number of ether oxygens (including phenoxy) is 1. The number of aryl methyl sites for hydroxylation is 1. The van der Waals surface area contributed by atoms with Crippen molar-refractivity contribution in [1.29, 1.82) is 0 Å². The lowest BCUT2D eigenvalue weighted by Crippen LogP contribution is -1.84. The van der Waals surface area contributed by atoms with Crippen LogP contribution in [0.25, 0.3) is 10.2 Å². The molecule has 0 amide bonds. The van der Waals surface area contributed by atoms with Crippen LogP contribution in [0.2, 0.25) is 0 Å². The van der Waals surface area contributed by atoms with Gasteiger partial charge < -0.3 is 4.74 Å². The van der Waals surface area contributed by atoms with Gasteiger partial charge in [-0.3, -0.25) is 0 Å². The summed E-state index contributed by atoms with van der Waals surface area (Å²) in [6, 6.07) is 10.1. The van der Waals surface area contributed by atoms with Gasteiger partial charge in [0.05, 0.1) is 7.11 Å². The quantitative estimate of drug-likeness (QED) is 0.678. The summed E-state index contributed by atoms with van der Waals surface area (Å²) in [4.78, 5) is 12.1. The molecule has 0 aliphatic carbocycles. The molecule has 0 N–H and O–H groups in total. The van der Waals surface area contributed by atoms with Crippen LogP contribution in [0, 0.1) is 6.92 Å². The predicted octanol–water partition coefficient (Wildman–Crippen LogP) is 4.16. The Bertz CT molecular complexity index is 707. The van der Waals surface area contributed by atoms with E-state index in [4.69, 9.17) is 4.74 Å². The molecule has 19 heavy (non-hydrogen) atoms.